The van der Waals surface area contributed by atoms with Crippen LogP contribution >= 0.6 is 0 Å². The molecule has 0 spiro atoms. The van der Waals surface area contributed by atoms with Crippen LogP contribution in [-0.2, 0) is 4.74 Å². The Balaban J connectivity index is 1.99. The number of rotatable bonds is 6. The van der Waals surface area contributed by atoms with Gasteiger partial charge in [0.15, 0.2) is 0 Å². The molecule has 1 aliphatic heterocycles. The van der Waals surface area contributed by atoms with Crippen LogP contribution in [0.25, 0.3) is 0 Å². The summed E-state index contributed by atoms with van der Waals surface area (Å²) in [4.78, 5) is 0. The lowest BCUT2D eigenvalue weighted by Gasteiger charge is -2.28. The van der Waals surface area contributed by atoms with E-state index in [9.17, 15) is 5.11 Å². The van der Waals surface area contributed by atoms with Crippen LogP contribution < -0.4 is 5.32 Å². The molecule has 1 rings (SSSR count). The molecule has 0 amide bonds. The molecule has 15 heavy (non-hydrogen) atoms. The van der Waals surface area contributed by atoms with Gasteiger partial charge < -0.3 is 15.2 Å². The summed E-state index contributed by atoms with van der Waals surface area (Å²) < 4.78 is 5.56. The Morgan fingerprint density at radius 2 is 2.20 bits per heavy atom. The first-order valence-electron chi connectivity index (χ1n) is 6.16. The molecule has 2 atom stereocenters. The van der Waals surface area contributed by atoms with E-state index >= 15 is 0 Å². The van der Waals surface area contributed by atoms with Crippen molar-refractivity contribution in [3.05, 3.63) is 0 Å². The number of aliphatic hydroxyl groups excluding tert-OH is 1. The monoisotopic (exact) mass is 215 g/mol. The molecule has 1 aliphatic rings. The highest BCUT2D eigenvalue weighted by Crippen LogP contribution is 2.15. The number of ether oxygens (including phenoxy) is 1. The minimum absolute atomic E-state index is 0.125. The van der Waals surface area contributed by atoms with E-state index in [4.69, 9.17) is 4.74 Å². The number of hydrogen-bond acceptors (Lipinski definition) is 3. The minimum atomic E-state index is -0.125. The predicted molar refractivity (Wildman–Crippen MR) is 61.9 cm³/mol. The van der Waals surface area contributed by atoms with Crippen LogP contribution in [0.3, 0.4) is 0 Å². The second-order valence-corrected chi connectivity index (χ2v) is 4.90. The second kappa shape index (κ2) is 7.20. The van der Waals surface area contributed by atoms with Crippen LogP contribution in [0.2, 0.25) is 0 Å². The maximum atomic E-state index is 9.72. The summed E-state index contributed by atoms with van der Waals surface area (Å²) in [6, 6.07) is 0. The first-order valence-corrected chi connectivity index (χ1v) is 6.16. The Morgan fingerprint density at radius 1 is 1.40 bits per heavy atom. The van der Waals surface area contributed by atoms with Crippen LogP contribution in [0, 0.1) is 11.8 Å². The van der Waals surface area contributed by atoms with Crippen molar-refractivity contribution < 1.29 is 9.84 Å². The van der Waals surface area contributed by atoms with Crippen LogP contribution in [0.1, 0.15) is 33.1 Å². The summed E-state index contributed by atoms with van der Waals surface area (Å²) in [5.74, 6) is 1.10. The van der Waals surface area contributed by atoms with E-state index in [1.807, 2.05) is 0 Å². The van der Waals surface area contributed by atoms with Gasteiger partial charge in [-0.2, -0.15) is 0 Å². The molecule has 1 fully saturated rings. The molecule has 0 bridgehead atoms. The predicted octanol–water partition coefficient (Wildman–Crippen LogP) is 1.41. The van der Waals surface area contributed by atoms with Crippen molar-refractivity contribution in [2.75, 3.05) is 26.3 Å². The summed E-state index contributed by atoms with van der Waals surface area (Å²) in [5, 5.41) is 13.0. The smallest absolute Gasteiger partial charge is 0.0593 e. The third-order valence-corrected chi connectivity index (χ3v) is 3.04. The zero-order chi connectivity index (χ0) is 11.1. The molecular formula is C12H25NO2. The van der Waals surface area contributed by atoms with Crippen molar-refractivity contribution in [2.24, 2.45) is 11.8 Å². The number of hydrogen-bond donors (Lipinski definition) is 2. The minimum Gasteiger partial charge on any atom is -0.393 e. The van der Waals surface area contributed by atoms with Gasteiger partial charge in [-0.05, 0) is 37.6 Å². The summed E-state index contributed by atoms with van der Waals surface area (Å²) in [5.41, 5.74) is 0. The zero-order valence-electron chi connectivity index (χ0n) is 10.0. The van der Waals surface area contributed by atoms with Gasteiger partial charge in [0, 0.05) is 19.8 Å². The Kier molecular flexibility index (Phi) is 6.22. The SMILES string of the molecule is CC(C)CCOCCC1CNCCC1O. The fourth-order valence-electron chi connectivity index (χ4n) is 1.86. The van der Waals surface area contributed by atoms with Gasteiger partial charge >= 0.3 is 0 Å². The molecule has 0 aromatic heterocycles. The summed E-state index contributed by atoms with van der Waals surface area (Å²) in [7, 11) is 0. The third-order valence-electron chi connectivity index (χ3n) is 3.04. The number of piperidine rings is 1. The molecule has 2 N–H and O–H groups in total. The lowest BCUT2D eigenvalue weighted by Crippen LogP contribution is -2.40. The maximum Gasteiger partial charge on any atom is 0.0593 e. The normalized spacial score (nSPS) is 27.2. The molecule has 0 aromatic rings. The largest absolute Gasteiger partial charge is 0.393 e. The molecule has 1 saturated heterocycles. The van der Waals surface area contributed by atoms with Crippen molar-refractivity contribution in [1.82, 2.24) is 5.32 Å². The van der Waals surface area contributed by atoms with Crippen LogP contribution in [0.5, 0.6) is 0 Å². The first-order chi connectivity index (χ1) is 7.20. The van der Waals surface area contributed by atoms with Crippen molar-refractivity contribution in [2.45, 2.75) is 39.2 Å². The van der Waals surface area contributed by atoms with E-state index in [0.29, 0.717) is 11.8 Å². The second-order valence-electron chi connectivity index (χ2n) is 4.90. The number of nitrogens with one attached hydrogen (secondary N) is 1. The van der Waals surface area contributed by atoms with Gasteiger partial charge in [0.1, 0.15) is 0 Å². The quantitative estimate of drug-likeness (QED) is 0.658. The summed E-state index contributed by atoms with van der Waals surface area (Å²) in [6.07, 6.45) is 2.87. The van der Waals surface area contributed by atoms with Gasteiger partial charge in [0.05, 0.1) is 6.10 Å². The van der Waals surface area contributed by atoms with E-state index in [2.05, 4.69) is 19.2 Å². The van der Waals surface area contributed by atoms with E-state index in [0.717, 1.165) is 45.6 Å². The van der Waals surface area contributed by atoms with E-state index in [-0.39, 0.29) is 6.10 Å². The van der Waals surface area contributed by atoms with E-state index < -0.39 is 0 Å². The first kappa shape index (κ1) is 12.9. The molecule has 0 aliphatic carbocycles. The zero-order valence-corrected chi connectivity index (χ0v) is 10.0. The van der Waals surface area contributed by atoms with E-state index in [1.54, 1.807) is 0 Å². The summed E-state index contributed by atoms with van der Waals surface area (Å²) in [6.45, 7) is 7.95. The molecule has 0 aromatic carbocycles. The lowest BCUT2D eigenvalue weighted by molar-refractivity contribution is 0.0451. The highest BCUT2D eigenvalue weighted by atomic mass is 16.5. The van der Waals surface area contributed by atoms with Gasteiger partial charge in [0.25, 0.3) is 0 Å². The average molecular weight is 215 g/mol. The van der Waals surface area contributed by atoms with Gasteiger partial charge in [-0.1, -0.05) is 13.8 Å². The Bertz CT molecular complexity index is 162. The highest BCUT2D eigenvalue weighted by Gasteiger charge is 2.21. The van der Waals surface area contributed by atoms with Crippen molar-refractivity contribution in [3.8, 4) is 0 Å². The topological polar surface area (TPSA) is 41.5 Å². The van der Waals surface area contributed by atoms with Crippen molar-refractivity contribution in [3.63, 3.8) is 0 Å². The number of aliphatic hydroxyl groups is 1. The molecule has 0 radical (unpaired) electrons. The lowest BCUT2D eigenvalue weighted by atomic mass is 9.93. The van der Waals surface area contributed by atoms with Crippen LogP contribution in [0.15, 0.2) is 0 Å². The molecule has 1 heterocycles. The molecule has 3 heteroatoms. The molecule has 90 valence electrons. The van der Waals surface area contributed by atoms with Gasteiger partial charge in [0.2, 0.25) is 0 Å². The van der Waals surface area contributed by atoms with Crippen molar-refractivity contribution in [1.29, 1.82) is 0 Å². The third kappa shape index (κ3) is 5.50. The Hall–Kier alpha value is -0.120. The van der Waals surface area contributed by atoms with Crippen LogP contribution in [0.4, 0.5) is 0 Å². The van der Waals surface area contributed by atoms with Crippen LogP contribution in [-0.4, -0.2) is 37.5 Å². The fraction of sp³-hybridized carbons (Fsp3) is 1.00. The Morgan fingerprint density at radius 3 is 2.87 bits per heavy atom. The molecule has 2 unspecified atom stereocenters. The Labute approximate surface area is 93.2 Å². The molecular weight excluding hydrogens is 190 g/mol. The average Bonchev–Trinajstić information content (AvgIpc) is 2.20. The van der Waals surface area contributed by atoms with Gasteiger partial charge in [-0.15, -0.1) is 0 Å². The van der Waals surface area contributed by atoms with Gasteiger partial charge in [-0.25, -0.2) is 0 Å². The standard InChI is InChI=1S/C12H25NO2/c1-10(2)4-7-15-8-5-11-9-13-6-3-12(11)14/h10-14H,3-9H2,1-2H3. The molecule has 3 nitrogen and oxygen atoms in total. The van der Waals surface area contributed by atoms with Gasteiger partial charge in [-0.3, -0.25) is 0 Å². The summed E-state index contributed by atoms with van der Waals surface area (Å²) >= 11 is 0. The fourth-order valence-corrected chi connectivity index (χ4v) is 1.86. The van der Waals surface area contributed by atoms with E-state index in [1.165, 1.54) is 0 Å². The highest BCUT2D eigenvalue weighted by molar-refractivity contribution is 4.76. The van der Waals surface area contributed by atoms with Crippen molar-refractivity contribution >= 4 is 0 Å². The molecule has 0 saturated carbocycles. The maximum absolute atomic E-state index is 9.72.